The van der Waals surface area contributed by atoms with Crippen LogP contribution in [0.4, 0.5) is 13.2 Å². The van der Waals surface area contributed by atoms with E-state index in [9.17, 15) is 13.2 Å². The van der Waals surface area contributed by atoms with E-state index in [2.05, 4.69) is 52.3 Å². The highest BCUT2D eigenvalue weighted by Gasteiger charge is 2.37. The van der Waals surface area contributed by atoms with Crippen LogP contribution in [0.15, 0.2) is 49.1 Å². The van der Waals surface area contributed by atoms with Crippen LogP contribution >= 0.6 is 0 Å². The monoisotopic (exact) mass is 454 g/mol. The number of rotatable bonds is 5. The molecule has 0 radical (unpaired) electrons. The second kappa shape index (κ2) is 8.02. The Labute approximate surface area is 187 Å². The Morgan fingerprint density at radius 3 is 2.82 bits per heavy atom. The van der Waals surface area contributed by atoms with Gasteiger partial charge in [0.05, 0.1) is 18.6 Å². The molecule has 0 aliphatic carbocycles. The van der Waals surface area contributed by atoms with Gasteiger partial charge in [-0.05, 0) is 23.6 Å². The van der Waals surface area contributed by atoms with Crippen molar-refractivity contribution < 1.29 is 17.9 Å². The van der Waals surface area contributed by atoms with Gasteiger partial charge in [-0.2, -0.15) is 13.2 Å². The van der Waals surface area contributed by atoms with Crippen molar-refractivity contribution in [1.82, 2.24) is 29.9 Å². The number of benzene rings is 1. The Morgan fingerprint density at radius 2 is 2.03 bits per heavy atom. The Morgan fingerprint density at radius 1 is 1.18 bits per heavy atom. The van der Waals surface area contributed by atoms with Crippen LogP contribution in [-0.2, 0) is 12.7 Å². The SMILES string of the molecule is CC(C)c1cccc2c1OC[C@H]2Cn1cnc(-c2cc(-c3nn[nH]c3C(F)(F)F)ccn2)c1. The lowest BCUT2D eigenvalue weighted by Crippen LogP contribution is -2.09. The molecule has 4 aromatic rings. The predicted octanol–water partition coefficient (Wildman–Crippen LogP) is 5.05. The molecule has 0 unspecified atom stereocenters. The van der Waals surface area contributed by atoms with Gasteiger partial charge in [-0.1, -0.05) is 37.3 Å². The van der Waals surface area contributed by atoms with Gasteiger partial charge in [0.2, 0.25) is 0 Å². The summed E-state index contributed by atoms with van der Waals surface area (Å²) in [7, 11) is 0. The van der Waals surface area contributed by atoms with Crippen LogP contribution < -0.4 is 4.74 Å². The number of nitrogens with one attached hydrogen (secondary N) is 1. The van der Waals surface area contributed by atoms with Gasteiger partial charge in [-0.15, -0.1) is 5.10 Å². The van der Waals surface area contributed by atoms with Crippen molar-refractivity contribution in [1.29, 1.82) is 0 Å². The van der Waals surface area contributed by atoms with E-state index >= 15 is 0 Å². The summed E-state index contributed by atoms with van der Waals surface area (Å²) in [5, 5.41) is 8.86. The van der Waals surface area contributed by atoms with Gasteiger partial charge in [-0.3, -0.25) is 10.1 Å². The molecular formula is C23H21F3N6O. The average molecular weight is 454 g/mol. The molecule has 1 aliphatic heterocycles. The van der Waals surface area contributed by atoms with Crippen LogP contribution in [0, 0.1) is 0 Å². The quantitative estimate of drug-likeness (QED) is 0.457. The van der Waals surface area contributed by atoms with E-state index in [1.165, 1.54) is 29.5 Å². The number of ether oxygens (including phenoxy) is 1. The molecule has 0 saturated carbocycles. The Hall–Kier alpha value is -3.69. The van der Waals surface area contributed by atoms with Crippen LogP contribution in [0.3, 0.4) is 0 Å². The third kappa shape index (κ3) is 3.96. The predicted molar refractivity (Wildman–Crippen MR) is 115 cm³/mol. The summed E-state index contributed by atoms with van der Waals surface area (Å²) in [6, 6.07) is 9.25. The molecule has 0 amide bonds. The van der Waals surface area contributed by atoms with Crippen LogP contribution in [0.5, 0.6) is 5.75 Å². The average Bonchev–Trinajstić information content (AvgIpc) is 3.53. The smallest absolute Gasteiger partial charge is 0.435 e. The van der Waals surface area contributed by atoms with Crippen molar-refractivity contribution in [3.05, 3.63) is 65.9 Å². The zero-order chi connectivity index (χ0) is 23.2. The molecular weight excluding hydrogens is 433 g/mol. The molecule has 0 saturated heterocycles. The summed E-state index contributed by atoms with van der Waals surface area (Å²) >= 11 is 0. The highest BCUT2D eigenvalue weighted by atomic mass is 19.4. The van der Waals surface area contributed by atoms with Gasteiger partial charge < -0.3 is 9.30 Å². The summed E-state index contributed by atoms with van der Waals surface area (Å²) < 4.78 is 47.6. The maximum Gasteiger partial charge on any atom is 0.435 e. The first-order valence-electron chi connectivity index (χ1n) is 10.5. The first-order valence-corrected chi connectivity index (χ1v) is 10.5. The summed E-state index contributed by atoms with van der Waals surface area (Å²) in [5.41, 5.74) is 2.39. The molecule has 10 heteroatoms. The lowest BCUT2D eigenvalue weighted by atomic mass is 9.94. The topological polar surface area (TPSA) is 81.5 Å². The number of H-pyrrole nitrogens is 1. The first-order chi connectivity index (χ1) is 15.8. The lowest BCUT2D eigenvalue weighted by molar-refractivity contribution is -0.140. The van der Waals surface area contributed by atoms with Gasteiger partial charge in [0.25, 0.3) is 0 Å². The van der Waals surface area contributed by atoms with Crippen LogP contribution in [0.1, 0.15) is 42.5 Å². The number of alkyl halides is 3. The largest absolute Gasteiger partial charge is 0.492 e. The second-order valence-electron chi connectivity index (χ2n) is 8.35. The number of aromatic amines is 1. The van der Waals surface area contributed by atoms with E-state index in [1.807, 2.05) is 15.9 Å². The van der Waals surface area contributed by atoms with Gasteiger partial charge in [-0.25, -0.2) is 4.98 Å². The summed E-state index contributed by atoms with van der Waals surface area (Å²) in [6.45, 7) is 5.55. The number of para-hydroxylation sites is 1. The minimum absolute atomic E-state index is 0.185. The molecule has 170 valence electrons. The van der Waals surface area contributed by atoms with Crippen molar-refractivity contribution in [2.45, 2.75) is 38.4 Å². The Balaban J connectivity index is 1.39. The Kier molecular flexibility index (Phi) is 5.15. The summed E-state index contributed by atoms with van der Waals surface area (Å²) in [6.07, 6.45) is 0.390. The van der Waals surface area contributed by atoms with E-state index in [0.29, 0.717) is 30.5 Å². The van der Waals surface area contributed by atoms with E-state index in [4.69, 9.17) is 4.74 Å². The van der Waals surface area contributed by atoms with Crippen LogP contribution in [0.25, 0.3) is 22.6 Å². The standard InChI is InChI=1S/C23H21F3N6O/c1-13(2)16-4-3-5-17-15(11-33-21(16)17)9-32-10-19(28-12-32)18-8-14(6-7-27-18)20-22(23(24,25)26)30-31-29-20/h3-8,10,12-13,15H,9,11H2,1-2H3,(H,29,30,31)/t15-/m1/s1. The minimum atomic E-state index is -4.58. The molecule has 3 aromatic heterocycles. The molecule has 33 heavy (non-hydrogen) atoms. The van der Waals surface area contributed by atoms with Gasteiger partial charge in [0.1, 0.15) is 17.1 Å². The van der Waals surface area contributed by atoms with Gasteiger partial charge in [0, 0.05) is 36.0 Å². The number of pyridine rings is 1. The van der Waals surface area contributed by atoms with E-state index in [1.54, 1.807) is 6.33 Å². The minimum Gasteiger partial charge on any atom is -0.492 e. The zero-order valence-corrected chi connectivity index (χ0v) is 18.0. The summed E-state index contributed by atoms with van der Waals surface area (Å²) in [5.74, 6) is 1.53. The number of nitrogens with zero attached hydrogens (tertiary/aromatic N) is 5. The highest BCUT2D eigenvalue weighted by Crippen LogP contribution is 2.40. The second-order valence-corrected chi connectivity index (χ2v) is 8.35. The third-order valence-electron chi connectivity index (χ3n) is 5.76. The number of hydrogen-bond acceptors (Lipinski definition) is 5. The van der Waals surface area contributed by atoms with Crippen LogP contribution in [-0.4, -0.2) is 36.6 Å². The number of imidazole rings is 1. The fraction of sp³-hybridized carbons (Fsp3) is 0.304. The molecule has 0 fully saturated rings. The fourth-order valence-corrected chi connectivity index (χ4v) is 4.13. The molecule has 1 aromatic carbocycles. The van der Waals surface area contributed by atoms with Crippen LogP contribution in [0.2, 0.25) is 0 Å². The van der Waals surface area contributed by atoms with E-state index in [-0.39, 0.29) is 17.2 Å². The Bertz CT molecular complexity index is 1290. The van der Waals surface area contributed by atoms with Crippen molar-refractivity contribution in [2.75, 3.05) is 6.61 Å². The van der Waals surface area contributed by atoms with Gasteiger partial charge >= 0.3 is 6.18 Å². The van der Waals surface area contributed by atoms with E-state index < -0.39 is 11.9 Å². The number of aromatic nitrogens is 6. The molecule has 0 bridgehead atoms. The molecule has 5 rings (SSSR count). The van der Waals surface area contributed by atoms with Crippen molar-refractivity contribution in [2.24, 2.45) is 0 Å². The molecule has 0 spiro atoms. The molecule has 1 N–H and O–H groups in total. The van der Waals surface area contributed by atoms with Crippen molar-refractivity contribution in [3.63, 3.8) is 0 Å². The number of fused-ring (bicyclic) bond motifs is 1. The molecule has 1 aliphatic rings. The lowest BCUT2D eigenvalue weighted by Gasteiger charge is -2.12. The highest BCUT2D eigenvalue weighted by molar-refractivity contribution is 5.67. The maximum atomic E-state index is 13.2. The molecule has 7 nitrogen and oxygen atoms in total. The maximum absolute atomic E-state index is 13.2. The molecule has 4 heterocycles. The van der Waals surface area contributed by atoms with Gasteiger partial charge in [0.15, 0.2) is 5.69 Å². The zero-order valence-electron chi connectivity index (χ0n) is 18.0. The van der Waals surface area contributed by atoms with E-state index in [0.717, 1.165) is 5.75 Å². The fourth-order valence-electron chi connectivity index (χ4n) is 4.13. The third-order valence-corrected chi connectivity index (χ3v) is 5.76. The molecule has 1 atom stereocenters. The number of halogens is 3. The van der Waals surface area contributed by atoms with Crippen molar-refractivity contribution >= 4 is 0 Å². The summed E-state index contributed by atoms with van der Waals surface area (Å²) in [4.78, 5) is 8.70. The van der Waals surface area contributed by atoms with Crippen molar-refractivity contribution in [3.8, 4) is 28.4 Å². The number of hydrogen-bond donors (Lipinski definition) is 1. The first kappa shape index (κ1) is 21.2. The normalized spacial score (nSPS) is 15.6.